The second kappa shape index (κ2) is 43.5. The zero-order valence-corrected chi connectivity index (χ0v) is 30.7. The molecule has 46 heavy (non-hydrogen) atoms. The van der Waals surface area contributed by atoms with Gasteiger partial charge in [-0.3, -0.25) is 14.4 Å². The summed E-state index contributed by atoms with van der Waals surface area (Å²) in [6.45, 7) is 5.64. The quantitative estimate of drug-likeness (QED) is 0.0407. The number of carboxylic acids is 2. The first-order valence-corrected chi connectivity index (χ1v) is 19.5. The first-order valence-electron chi connectivity index (χ1n) is 19.5. The molecule has 0 atom stereocenters. The van der Waals surface area contributed by atoms with Crippen LogP contribution in [0.15, 0.2) is 0 Å². The van der Waals surface area contributed by atoms with Crippen molar-refractivity contribution in [1.82, 2.24) is 0 Å². The van der Waals surface area contributed by atoms with E-state index in [1.54, 1.807) is 0 Å². The molecule has 0 fully saturated rings. The zero-order chi connectivity index (χ0) is 34.9. The molecule has 0 heterocycles. The normalized spacial score (nSPS) is 10.7. The van der Waals surface area contributed by atoms with Crippen molar-refractivity contribution >= 4 is 17.7 Å². The summed E-state index contributed by atoms with van der Waals surface area (Å²) in [4.78, 5) is 30.3. The molecule has 7 heteroatoms. The highest BCUT2D eigenvalue weighted by Gasteiger charge is 2.00. The summed E-state index contributed by atoms with van der Waals surface area (Å²) in [5, 5.41) is 32.7. The number of carbonyl (C=O) groups excluding carboxylic acids is 1. The highest BCUT2D eigenvalue weighted by molar-refractivity contribution is 5.78. The Hall–Kier alpha value is -1.47. The molecule has 276 valence electrons. The maximum absolute atomic E-state index is 10.3. The van der Waals surface area contributed by atoms with Crippen molar-refractivity contribution in [2.75, 3.05) is 0 Å². The number of carboxylic acid groups (broad SMARTS) is 2. The van der Waals surface area contributed by atoms with Crippen LogP contribution < -0.4 is 0 Å². The van der Waals surface area contributed by atoms with Crippen LogP contribution >= 0.6 is 0 Å². The largest absolute Gasteiger partial charge is 0.481 e. The van der Waals surface area contributed by atoms with E-state index in [2.05, 4.69) is 13.8 Å². The number of ketones is 1. The Morgan fingerprint density at radius 3 is 0.652 bits per heavy atom. The molecule has 7 nitrogen and oxygen atoms in total. The minimum absolute atomic E-state index is 0.345. The van der Waals surface area contributed by atoms with E-state index in [0.29, 0.717) is 12.8 Å². The Kier molecular flexibility index (Phi) is 46.3. The van der Waals surface area contributed by atoms with E-state index in [0.717, 1.165) is 32.6 Å². The number of rotatable bonds is 33. The van der Waals surface area contributed by atoms with Crippen LogP contribution in [0.2, 0.25) is 0 Å². The van der Waals surface area contributed by atoms with Crippen molar-refractivity contribution in [3.05, 3.63) is 0 Å². The van der Waals surface area contributed by atoms with Crippen LogP contribution in [0.5, 0.6) is 0 Å². The smallest absolute Gasteiger partial charge is 0.303 e. The molecule has 0 aliphatic carbocycles. The molecule has 0 spiro atoms. The van der Waals surface area contributed by atoms with Gasteiger partial charge in [0, 0.05) is 12.8 Å². The van der Waals surface area contributed by atoms with Crippen molar-refractivity contribution in [3.63, 3.8) is 0 Å². The van der Waals surface area contributed by atoms with Crippen LogP contribution in [0.3, 0.4) is 0 Å². The second-order valence-electron chi connectivity index (χ2n) is 13.2. The summed E-state index contributed by atoms with van der Waals surface area (Å²) < 4.78 is 0. The first kappa shape index (κ1) is 48.9. The predicted molar refractivity (Wildman–Crippen MR) is 193 cm³/mol. The average Bonchev–Trinajstić information content (AvgIpc) is 3.01. The summed E-state index contributed by atoms with van der Waals surface area (Å²) >= 11 is 0. The minimum atomic E-state index is -1.79. The van der Waals surface area contributed by atoms with E-state index in [1.165, 1.54) is 167 Å². The van der Waals surface area contributed by atoms with Gasteiger partial charge >= 0.3 is 11.9 Å². The van der Waals surface area contributed by atoms with Crippen molar-refractivity contribution in [1.29, 1.82) is 0 Å². The van der Waals surface area contributed by atoms with Gasteiger partial charge < -0.3 is 20.4 Å². The molecule has 0 radical (unpaired) electrons. The van der Waals surface area contributed by atoms with Crippen LogP contribution in [-0.4, -0.2) is 44.4 Å². The third kappa shape index (κ3) is 55.0. The molecule has 0 amide bonds. The van der Waals surface area contributed by atoms with Gasteiger partial charge in [0.05, 0.1) is 0 Å². The monoisotopic (exact) mass is 659 g/mol. The summed E-state index contributed by atoms with van der Waals surface area (Å²) in [7, 11) is 0. The van der Waals surface area contributed by atoms with Crippen molar-refractivity contribution in [3.8, 4) is 0 Å². The molecule has 0 aromatic carbocycles. The van der Waals surface area contributed by atoms with Gasteiger partial charge in [-0.15, -0.1) is 0 Å². The van der Waals surface area contributed by atoms with E-state index >= 15 is 0 Å². The highest BCUT2D eigenvalue weighted by atomic mass is 16.5. The van der Waals surface area contributed by atoms with Gasteiger partial charge in [0.1, 0.15) is 0 Å². The molecule has 0 unspecified atom stereocenters. The number of hydrogen-bond acceptors (Lipinski definition) is 5. The van der Waals surface area contributed by atoms with E-state index in [9.17, 15) is 14.4 Å². The van der Waals surface area contributed by atoms with E-state index in [4.69, 9.17) is 20.4 Å². The molecule has 0 saturated heterocycles. The van der Waals surface area contributed by atoms with Gasteiger partial charge in [0.25, 0.3) is 0 Å². The number of aliphatic carboxylic acids is 2. The molecule has 0 aromatic rings. The van der Waals surface area contributed by atoms with Gasteiger partial charge in [-0.25, -0.2) is 0 Å². The van der Waals surface area contributed by atoms with Crippen molar-refractivity contribution in [2.45, 2.75) is 233 Å². The summed E-state index contributed by atoms with van der Waals surface area (Å²) in [5.74, 6) is -1.94. The molecule has 0 bridgehead atoms. The molecule has 0 aliphatic heterocycles. The first-order chi connectivity index (χ1) is 22.2. The average molecular weight is 659 g/mol. The van der Waals surface area contributed by atoms with E-state index in [-0.39, 0.29) is 0 Å². The number of aliphatic hydroxyl groups is 2. The summed E-state index contributed by atoms with van der Waals surface area (Å²) in [5.41, 5.74) is 0. The molecule has 4 N–H and O–H groups in total. The summed E-state index contributed by atoms with van der Waals surface area (Å²) in [6.07, 6.45) is 38.6. The number of unbranched alkanes of at least 4 members (excludes halogenated alkanes) is 28. The van der Waals surface area contributed by atoms with Crippen LogP contribution in [0.4, 0.5) is 0 Å². The lowest BCUT2D eigenvalue weighted by atomic mass is 10.0. The van der Waals surface area contributed by atoms with Gasteiger partial charge in [0.15, 0.2) is 5.78 Å². The second-order valence-corrected chi connectivity index (χ2v) is 13.2. The Balaban J connectivity index is -0.000000682. The zero-order valence-electron chi connectivity index (χ0n) is 30.7. The number of hydrogen-bond donors (Lipinski definition) is 4. The SMILES string of the molecule is CC(=O)C(O)O.CCCCCCCCCCCCCCCCCC(=O)O.CCCCCCCCCCCCCCCCCC(=O)O. The van der Waals surface area contributed by atoms with Crippen molar-refractivity contribution in [2.24, 2.45) is 0 Å². The Bertz CT molecular complexity index is 577. The number of aliphatic hydroxyl groups excluding tert-OH is 1. The van der Waals surface area contributed by atoms with E-state index < -0.39 is 24.0 Å². The van der Waals surface area contributed by atoms with Crippen LogP contribution in [0, 0.1) is 0 Å². The molecular formula is C39H78O7. The predicted octanol–water partition coefficient (Wildman–Crippen LogP) is 11.6. The third-order valence-corrected chi connectivity index (χ3v) is 8.35. The molecule has 0 saturated carbocycles. The standard InChI is InChI=1S/2C18H36O2.C3H6O3/c2*1-2-3-4-5-6-7-8-9-10-11-12-13-14-15-16-17-18(19)20;1-2(4)3(5)6/h2*2-17H2,1H3,(H,19,20);3,5-6H,1H3. The van der Waals surface area contributed by atoms with Gasteiger partial charge in [-0.05, 0) is 19.8 Å². The lowest BCUT2D eigenvalue weighted by Crippen LogP contribution is -2.14. The Labute approximate surface area is 284 Å². The topological polar surface area (TPSA) is 132 Å². The fraction of sp³-hybridized carbons (Fsp3) is 0.923. The van der Waals surface area contributed by atoms with Crippen molar-refractivity contribution < 1.29 is 34.8 Å². The summed E-state index contributed by atoms with van der Waals surface area (Å²) in [6, 6.07) is 0. The maximum Gasteiger partial charge on any atom is 0.303 e. The molecule has 0 aromatic heterocycles. The maximum atomic E-state index is 10.3. The molecular weight excluding hydrogens is 580 g/mol. The third-order valence-electron chi connectivity index (χ3n) is 8.35. The van der Waals surface area contributed by atoms with Crippen LogP contribution in [-0.2, 0) is 14.4 Å². The Morgan fingerprint density at radius 1 is 0.370 bits per heavy atom. The fourth-order valence-corrected chi connectivity index (χ4v) is 5.30. The Morgan fingerprint density at radius 2 is 0.522 bits per heavy atom. The number of carbonyl (C=O) groups is 3. The lowest BCUT2D eigenvalue weighted by Gasteiger charge is -2.03. The lowest BCUT2D eigenvalue weighted by molar-refractivity contribution is -0.142. The van der Waals surface area contributed by atoms with Gasteiger partial charge in [0.2, 0.25) is 6.29 Å². The molecule has 0 rings (SSSR count). The molecule has 0 aliphatic rings. The minimum Gasteiger partial charge on any atom is -0.481 e. The fourth-order valence-electron chi connectivity index (χ4n) is 5.30. The van der Waals surface area contributed by atoms with E-state index in [1.807, 2.05) is 0 Å². The highest BCUT2D eigenvalue weighted by Crippen LogP contribution is 2.15. The number of Topliss-reactive ketones (excluding diaryl/α,β-unsaturated/α-hetero) is 1. The van der Waals surface area contributed by atoms with Gasteiger partial charge in [-0.1, -0.05) is 194 Å². The van der Waals surface area contributed by atoms with Crippen LogP contribution in [0.25, 0.3) is 0 Å². The van der Waals surface area contributed by atoms with Crippen LogP contribution in [0.1, 0.15) is 226 Å². The van der Waals surface area contributed by atoms with Gasteiger partial charge in [-0.2, -0.15) is 0 Å².